The van der Waals surface area contributed by atoms with Crippen LogP contribution in [0.5, 0.6) is 0 Å². The van der Waals surface area contributed by atoms with Gasteiger partial charge in [-0.3, -0.25) is 4.79 Å². The van der Waals surface area contributed by atoms with Crippen molar-refractivity contribution in [1.82, 2.24) is 5.32 Å². The van der Waals surface area contributed by atoms with Crippen LogP contribution in [-0.2, 0) is 4.79 Å². The molecule has 2 N–H and O–H groups in total. The standard InChI is InChI=1S/C18H24F3NO2/c19-18(20,21)16-8-4-7-14(11-16)17(24)22-12-15(9-10-23)13-5-2-1-3-6-13/h1-3,5-6,14-16,23H,4,7-12H2,(H,22,24). The first-order valence-electron chi connectivity index (χ1n) is 8.42. The number of hydrogen-bond donors (Lipinski definition) is 2. The molecule has 134 valence electrons. The van der Waals surface area contributed by atoms with E-state index in [0.29, 0.717) is 25.8 Å². The first-order valence-corrected chi connectivity index (χ1v) is 8.42. The zero-order chi connectivity index (χ0) is 17.6. The number of rotatable bonds is 6. The fourth-order valence-corrected chi connectivity index (χ4v) is 3.36. The van der Waals surface area contributed by atoms with Crippen molar-refractivity contribution in [3.8, 4) is 0 Å². The lowest BCUT2D eigenvalue weighted by Crippen LogP contribution is -2.38. The van der Waals surface area contributed by atoms with Crippen molar-refractivity contribution in [1.29, 1.82) is 0 Å². The van der Waals surface area contributed by atoms with Crippen LogP contribution in [-0.4, -0.2) is 30.3 Å². The lowest BCUT2D eigenvalue weighted by atomic mass is 9.80. The van der Waals surface area contributed by atoms with Crippen molar-refractivity contribution >= 4 is 5.91 Å². The van der Waals surface area contributed by atoms with Gasteiger partial charge in [0.25, 0.3) is 0 Å². The van der Waals surface area contributed by atoms with E-state index in [4.69, 9.17) is 0 Å². The van der Waals surface area contributed by atoms with Gasteiger partial charge in [0.05, 0.1) is 5.92 Å². The highest BCUT2D eigenvalue weighted by molar-refractivity contribution is 5.78. The van der Waals surface area contributed by atoms with Gasteiger partial charge < -0.3 is 10.4 Å². The molecule has 3 unspecified atom stereocenters. The summed E-state index contributed by atoms with van der Waals surface area (Å²) in [5.41, 5.74) is 1.00. The number of alkyl halides is 3. The van der Waals surface area contributed by atoms with E-state index in [1.165, 1.54) is 0 Å². The average Bonchev–Trinajstić information content (AvgIpc) is 2.58. The van der Waals surface area contributed by atoms with Crippen molar-refractivity contribution in [3.63, 3.8) is 0 Å². The van der Waals surface area contributed by atoms with Crippen LogP contribution in [0, 0.1) is 11.8 Å². The Morgan fingerprint density at radius 3 is 2.58 bits per heavy atom. The summed E-state index contributed by atoms with van der Waals surface area (Å²) < 4.78 is 38.6. The molecule has 1 aliphatic rings. The second kappa shape index (κ2) is 8.51. The van der Waals surface area contributed by atoms with E-state index >= 15 is 0 Å². The topological polar surface area (TPSA) is 49.3 Å². The molecule has 0 saturated heterocycles. The zero-order valence-electron chi connectivity index (χ0n) is 13.6. The number of carbonyl (C=O) groups is 1. The summed E-state index contributed by atoms with van der Waals surface area (Å²) in [5, 5.41) is 12.0. The molecule has 24 heavy (non-hydrogen) atoms. The number of aliphatic hydroxyl groups is 1. The Balaban J connectivity index is 1.91. The third kappa shape index (κ3) is 5.23. The van der Waals surface area contributed by atoms with E-state index in [-0.39, 0.29) is 31.3 Å². The van der Waals surface area contributed by atoms with E-state index in [9.17, 15) is 23.1 Å². The maximum atomic E-state index is 12.9. The second-order valence-electron chi connectivity index (χ2n) is 6.47. The Morgan fingerprint density at radius 1 is 1.25 bits per heavy atom. The van der Waals surface area contributed by atoms with Crippen LogP contribution >= 0.6 is 0 Å². The summed E-state index contributed by atoms with van der Waals surface area (Å²) in [5.74, 6) is -2.29. The molecule has 1 amide bonds. The fraction of sp³-hybridized carbons (Fsp3) is 0.611. The summed E-state index contributed by atoms with van der Waals surface area (Å²) in [7, 11) is 0. The first kappa shape index (κ1) is 18.8. The highest BCUT2D eigenvalue weighted by Crippen LogP contribution is 2.40. The third-order valence-corrected chi connectivity index (χ3v) is 4.78. The predicted octanol–water partition coefficient (Wildman–Crippen LogP) is 3.64. The Labute approximate surface area is 140 Å². The molecule has 1 fully saturated rings. The monoisotopic (exact) mass is 343 g/mol. The SMILES string of the molecule is O=C(NCC(CCO)c1ccccc1)C1CCCC(C(F)(F)F)C1. The molecule has 2 rings (SSSR count). The minimum atomic E-state index is -4.22. The summed E-state index contributed by atoms with van der Waals surface area (Å²) in [4.78, 5) is 12.3. The Kier molecular flexibility index (Phi) is 6.66. The largest absolute Gasteiger partial charge is 0.396 e. The summed E-state index contributed by atoms with van der Waals surface area (Å²) in [6, 6.07) is 9.50. The molecule has 1 aliphatic carbocycles. The van der Waals surface area contributed by atoms with Gasteiger partial charge >= 0.3 is 6.18 Å². The molecule has 0 radical (unpaired) electrons. The number of amides is 1. The summed E-state index contributed by atoms with van der Waals surface area (Å²) in [6.07, 6.45) is -2.78. The highest BCUT2D eigenvalue weighted by Gasteiger charge is 2.43. The van der Waals surface area contributed by atoms with Gasteiger partial charge in [0, 0.05) is 25.0 Å². The number of nitrogens with one attached hydrogen (secondary N) is 1. The molecular weight excluding hydrogens is 319 g/mol. The van der Waals surface area contributed by atoms with Crippen LogP contribution < -0.4 is 5.32 Å². The molecule has 1 aromatic carbocycles. The molecule has 1 saturated carbocycles. The van der Waals surface area contributed by atoms with Crippen LogP contribution in [0.25, 0.3) is 0 Å². The number of benzene rings is 1. The molecule has 0 bridgehead atoms. The second-order valence-corrected chi connectivity index (χ2v) is 6.47. The fourth-order valence-electron chi connectivity index (χ4n) is 3.36. The van der Waals surface area contributed by atoms with Gasteiger partial charge in [0.15, 0.2) is 0 Å². The lowest BCUT2D eigenvalue weighted by Gasteiger charge is -2.30. The predicted molar refractivity (Wildman–Crippen MR) is 85.4 cm³/mol. The van der Waals surface area contributed by atoms with Gasteiger partial charge in [-0.15, -0.1) is 0 Å². The van der Waals surface area contributed by atoms with E-state index in [0.717, 1.165) is 5.56 Å². The molecular formula is C18H24F3NO2. The van der Waals surface area contributed by atoms with Crippen molar-refractivity contribution in [2.24, 2.45) is 11.8 Å². The maximum Gasteiger partial charge on any atom is 0.391 e. The van der Waals surface area contributed by atoms with Crippen LogP contribution in [0.1, 0.15) is 43.6 Å². The average molecular weight is 343 g/mol. The minimum absolute atomic E-state index is 0.00495. The third-order valence-electron chi connectivity index (χ3n) is 4.78. The molecule has 1 aromatic rings. The minimum Gasteiger partial charge on any atom is -0.396 e. The zero-order valence-corrected chi connectivity index (χ0v) is 13.6. The molecule has 0 aromatic heterocycles. The molecule has 3 nitrogen and oxygen atoms in total. The van der Waals surface area contributed by atoms with Gasteiger partial charge in [-0.1, -0.05) is 36.8 Å². The van der Waals surface area contributed by atoms with Gasteiger partial charge in [0.2, 0.25) is 5.91 Å². The molecule has 0 spiro atoms. The quantitative estimate of drug-likeness (QED) is 0.828. The number of aliphatic hydroxyl groups excluding tert-OH is 1. The van der Waals surface area contributed by atoms with E-state index in [1.54, 1.807) is 0 Å². The molecule has 3 atom stereocenters. The van der Waals surface area contributed by atoms with Crippen LogP contribution in [0.15, 0.2) is 30.3 Å². The van der Waals surface area contributed by atoms with Crippen molar-refractivity contribution in [2.45, 2.75) is 44.2 Å². The van der Waals surface area contributed by atoms with E-state index < -0.39 is 18.0 Å². The van der Waals surface area contributed by atoms with Gasteiger partial charge in [-0.25, -0.2) is 0 Å². The Hall–Kier alpha value is -1.56. The molecule has 0 heterocycles. The van der Waals surface area contributed by atoms with E-state index in [1.807, 2.05) is 30.3 Å². The number of carbonyl (C=O) groups excluding carboxylic acids is 1. The first-order chi connectivity index (χ1) is 11.4. The number of hydrogen-bond acceptors (Lipinski definition) is 2. The molecule has 0 aliphatic heterocycles. The van der Waals surface area contributed by atoms with Gasteiger partial charge in [-0.05, 0) is 31.2 Å². The Bertz CT molecular complexity index is 519. The molecule has 6 heteroatoms. The summed E-state index contributed by atoms with van der Waals surface area (Å²) in [6.45, 7) is 0.325. The van der Waals surface area contributed by atoms with Crippen molar-refractivity contribution in [3.05, 3.63) is 35.9 Å². The normalized spacial score (nSPS) is 22.8. The maximum absolute atomic E-state index is 12.9. The van der Waals surface area contributed by atoms with E-state index in [2.05, 4.69) is 5.32 Å². The van der Waals surface area contributed by atoms with Gasteiger partial charge in [-0.2, -0.15) is 13.2 Å². The Morgan fingerprint density at radius 2 is 1.96 bits per heavy atom. The smallest absolute Gasteiger partial charge is 0.391 e. The van der Waals surface area contributed by atoms with Crippen LogP contribution in [0.3, 0.4) is 0 Å². The van der Waals surface area contributed by atoms with Crippen LogP contribution in [0.2, 0.25) is 0 Å². The van der Waals surface area contributed by atoms with Crippen molar-refractivity contribution < 1.29 is 23.1 Å². The van der Waals surface area contributed by atoms with Crippen LogP contribution in [0.4, 0.5) is 13.2 Å². The number of halogens is 3. The van der Waals surface area contributed by atoms with Crippen molar-refractivity contribution in [2.75, 3.05) is 13.2 Å². The lowest BCUT2D eigenvalue weighted by molar-refractivity contribution is -0.186. The summed E-state index contributed by atoms with van der Waals surface area (Å²) >= 11 is 0. The highest BCUT2D eigenvalue weighted by atomic mass is 19.4. The van der Waals surface area contributed by atoms with Gasteiger partial charge in [0.1, 0.15) is 0 Å².